The molecule has 0 heterocycles. The average molecular weight is 289 g/mol. The van der Waals surface area contributed by atoms with Gasteiger partial charge in [-0.3, -0.25) is 0 Å². The Morgan fingerprint density at radius 3 is 2.29 bits per heavy atom. The van der Waals surface area contributed by atoms with Gasteiger partial charge in [0.1, 0.15) is 0 Å². The van der Waals surface area contributed by atoms with E-state index in [1.54, 1.807) is 12.1 Å². The molecule has 2 rings (SSSR count). The molecule has 116 valence electrons. The van der Waals surface area contributed by atoms with E-state index in [1.807, 2.05) is 13.0 Å². The number of carboxylic acid groups (broad SMARTS) is 1. The quantitative estimate of drug-likeness (QED) is 0.847. The van der Waals surface area contributed by atoms with Crippen LogP contribution in [-0.2, 0) is 0 Å². The number of carboxylic acids is 1. The summed E-state index contributed by atoms with van der Waals surface area (Å²) in [6.07, 6.45) is 3.35. The molecule has 1 aliphatic rings. The van der Waals surface area contributed by atoms with Crippen molar-refractivity contribution < 1.29 is 9.90 Å². The first-order valence-corrected chi connectivity index (χ1v) is 7.69. The van der Waals surface area contributed by atoms with Crippen molar-refractivity contribution in [3.63, 3.8) is 0 Å². The zero-order chi connectivity index (χ0) is 15.8. The van der Waals surface area contributed by atoms with Gasteiger partial charge in [-0.05, 0) is 48.6 Å². The number of nitrogens with one attached hydrogen (secondary N) is 1. The number of hydrogen-bond acceptors (Lipinski definition) is 2. The van der Waals surface area contributed by atoms with Crippen LogP contribution in [0, 0.1) is 17.8 Å². The van der Waals surface area contributed by atoms with Crippen molar-refractivity contribution in [2.75, 3.05) is 5.32 Å². The van der Waals surface area contributed by atoms with Crippen LogP contribution in [0.4, 0.5) is 5.69 Å². The molecule has 2 N–H and O–H groups in total. The normalized spacial score (nSPS) is 21.0. The first-order chi connectivity index (χ1) is 9.60. The molecule has 1 aromatic carbocycles. The molecule has 0 spiro atoms. The van der Waals surface area contributed by atoms with Crippen molar-refractivity contribution in [2.45, 2.75) is 59.9 Å². The lowest BCUT2D eigenvalue weighted by Gasteiger charge is -2.45. The van der Waals surface area contributed by atoms with Crippen LogP contribution in [0.25, 0.3) is 0 Å². The van der Waals surface area contributed by atoms with Crippen LogP contribution in [0.15, 0.2) is 18.2 Å². The lowest BCUT2D eigenvalue weighted by molar-refractivity contribution is 0.0697. The number of carbonyl (C=O) groups is 1. The standard InChI is InChI=1S/C18H27NO2/c1-12-7-6-8-14(16(20)21)15(12)19-13-9-17(2,3)11-18(4,5)10-13/h6-8,13,19H,9-11H2,1-5H3,(H,20,21). The number of aryl methyl sites for hydroxylation is 1. The molecule has 0 unspecified atom stereocenters. The summed E-state index contributed by atoms with van der Waals surface area (Å²) in [5.41, 5.74) is 2.72. The molecule has 21 heavy (non-hydrogen) atoms. The Balaban J connectivity index is 2.28. The minimum Gasteiger partial charge on any atom is -0.478 e. The molecule has 0 radical (unpaired) electrons. The highest BCUT2D eigenvalue weighted by atomic mass is 16.4. The molecule has 3 heteroatoms. The predicted molar refractivity (Wildman–Crippen MR) is 87.0 cm³/mol. The molecule has 1 aromatic rings. The molecule has 0 amide bonds. The third-order valence-electron chi connectivity index (χ3n) is 4.41. The third-order valence-corrected chi connectivity index (χ3v) is 4.41. The second kappa shape index (κ2) is 5.36. The average Bonchev–Trinajstić information content (AvgIpc) is 2.27. The van der Waals surface area contributed by atoms with E-state index in [0.717, 1.165) is 24.1 Å². The number of anilines is 1. The molecule has 0 aromatic heterocycles. The number of para-hydroxylation sites is 1. The van der Waals surface area contributed by atoms with Gasteiger partial charge in [0.25, 0.3) is 0 Å². The van der Waals surface area contributed by atoms with E-state index >= 15 is 0 Å². The number of aromatic carboxylic acids is 1. The number of hydrogen-bond donors (Lipinski definition) is 2. The van der Waals surface area contributed by atoms with Crippen LogP contribution >= 0.6 is 0 Å². The van der Waals surface area contributed by atoms with Gasteiger partial charge in [-0.2, -0.15) is 0 Å². The van der Waals surface area contributed by atoms with Crippen molar-refractivity contribution in [1.29, 1.82) is 0 Å². The Labute approximate surface area is 127 Å². The fourth-order valence-electron chi connectivity index (χ4n) is 4.19. The second-order valence-corrected chi connectivity index (χ2v) is 8.06. The summed E-state index contributed by atoms with van der Waals surface area (Å²) in [5, 5.41) is 12.9. The van der Waals surface area contributed by atoms with Gasteiger partial charge in [-0.1, -0.05) is 39.8 Å². The molecule has 1 fully saturated rings. The van der Waals surface area contributed by atoms with Gasteiger partial charge >= 0.3 is 5.97 Å². The summed E-state index contributed by atoms with van der Waals surface area (Å²) in [4.78, 5) is 11.4. The van der Waals surface area contributed by atoms with Gasteiger partial charge < -0.3 is 10.4 Å². The SMILES string of the molecule is Cc1cccc(C(=O)O)c1NC1CC(C)(C)CC(C)(C)C1. The van der Waals surface area contributed by atoms with Crippen LogP contribution in [0.2, 0.25) is 0 Å². The lowest BCUT2D eigenvalue weighted by atomic mass is 9.63. The highest BCUT2D eigenvalue weighted by Crippen LogP contribution is 2.46. The summed E-state index contributed by atoms with van der Waals surface area (Å²) in [5.74, 6) is -0.865. The van der Waals surface area contributed by atoms with Crippen LogP contribution < -0.4 is 5.32 Å². The minimum atomic E-state index is -0.865. The van der Waals surface area contributed by atoms with Gasteiger partial charge in [0, 0.05) is 6.04 Å². The van der Waals surface area contributed by atoms with Crippen LogP contribution in [0.1, 0.15) is 62.9 Å². The third kappa shape index (κ3) is 3.78. The Bertz CT molecular complexity index is 530. The molecule has 0 saturated heterocycles. The first kappa shape index (κ1) is 15.9. The molecule has 0 aliphatic heterocycles. The molecular weight excluding hydrogens is 262 g/mol. The van der Waals surface area contributed by atoms with Crippen LogP contribution in [0.3, 0.4) is 0 Å². The largest absolute Gasteiger partial charge is 0.478 e. The van der Waals surface area contributed by atoms with E-state index in [9.17, 15) is 9.90 Å². The summed E-state index contributed by atoms with van der Waals surface area (Å²) in [6, 6.07) is 5.77. The molecule has 0 atom stereocenters. The monoisotopic (exact) mass is 289 g/mol. The van der Waals surface area contributed by atoms with Gasteiger partial charge in [0.05, 0.1) is 11.3 Å². The zero-order valence-corrected chi connectivity index (χ0v) is 13.8. The van der Waals surface area contributed by atoms with Crippen molar-refractivity contribution >= 4 is 11.7 Å². The lowest BCUT2D eigenvalue weighted by Crippen LogP contribution is -2.40. The fourth-order valence-corrected chi connectivity index (χ4v) is 4.19. The van der Waals surface area contributed by atoms with E-state index in [1.165, 1.54) is 6.42 Å². The summed E-state index contributed by atoms with van der Waals surface area (Å²) >= 11 is 0. The molecule has 1 aliphatic carbocycles. The second-order valence-electron chi connectivity index (χ2n) is 8.06. The first-order valence-electron chi connectivity index (χ1n) is 7.69. The molecule has 3 nitrogen and oxygen atoms in total. The van der Waals surface area contributed by atoms with Crippen LogP contribution in [-0.4, -0.2) is 17.1 Å². The van der Waals surface area contributed by atoms with Gasteiger partial charge in [-0.15, -0.1) is 0 Å². The Kier molecular flexibility index (Phi) is 4.05. The van der Waals surface area contributed by atoms with Gasteiger partial charge in [-0.25, -0.2) is 4.79 Å². The molecule has 1 saturated carbocycles. The minimum absolute atomic E-state index is 0.283. The maximum Gasteiger partial charge on any atom is 0.337 e. The Morgan fingerprint density at radius 1 is 1.19 bits per heavy atom. The highest BCUT2D eigenvalue weighted by molar-refractivity contribution is 5.95. The summed E-state index contributed by atoms with van der Waals surface area (Å²) < 4.78 is 0. The molecular formula is C18H27NO2. The van der Waals surface area contributed by atoms with Gasteiger partial charge in [0.15, 0.2) is 0 Å². The maximum absolute atomic E-state index is 11.4. The zero-order valence-electron chi connectivity index (χ0n) is 13.8. The van der Waals surface area contributed by atoms with E-state index in [-0.39, 0.29) is 10.8 Å². The van der Waals surface area contributed by atoms with E-state index in [2.05, 4.69) is 33.0 Å². The van der Waals surface area contributed by atoms with E-state index in [0.29, 0.717) is 11.6 Å². The van der Waals surface area contributed by atoms with Crippen molar-refractivity contribution in [2.24, 2.45) is 10.8 Å². The van der Waals surface area contributed by atoms with Crippen molar-refractivity contribution in [1.82, 2.24) is 0 Å². The summed E-state index contributed by atoms with van der Waals surface area (Å²) in [6.45, 7) is 11.2. The topological polar surface area (TPSA) is 49.3 Å². The number of benzene rings is 1. The summed E-state index contributed by atoms with van der Waals surface area (Å²) in [7, 11) is 0. The van der Waals surface area contributed by atoms with Crippen molar-refractivity contribution in [3.8, 4) is 0 Å². The van der Waals surface area contributed by atoms with Crippen LogP contribution in [0.5, 0.6) is 0 Å². The predicted octanol–water partition coefficient (Wildman–Crippen LogP) is 4.71. The number of rotatable bonds is 3. The van der Waals surface area contributed by atoms with Gasteiger partial charge in [0.2, 0.25) is 0 Å². The highest BCUT2D eigenvalue weighted by Gasteiger charge is 2.38. The van der Waals surface area contributed by atoms with E-state index < -0.39 is 5.97 Å². The Morgan fingerprint density at radius 2 is 1.76 bits per heavy atom. The van der Waals surface area contributed by atoms with E-state index in [4.69, 9.17) is 0 Å². The Hall–Kier alpha value is -1.51. The fraction of sp³-hybridized carbons (Fsp3) is 0.611. The maximum atomic E-state index is 11.4. The smallest absolute Gasteiger partial charge is 0.337 e. The molecule has 0 bridgehead atoms. The van der Waals surface area contributed by atoms with Crippen molar-refractivity contribution in [3.05, 3.63) is 29.3 Å².